The van der Waals surface area contributed by atoms with Crippen LogP contribution in [0.5, 0.6) is 0 Å². The van der Waals surface area contributed by atoms with E-state index in [-0.39, 0.29) is 5.91 Å². The number of pyridine rings is 1. The number of thioether (sulfide) groups is 1. The Morgan fingerprint density at radius 3 is 2.60 bits per heavy atom. The van der Waals surface area contributed by atoms with Crippen LogP contribution < -0.4 is 11.3 Å². The van der Waals surface area contributed by atoms with Crippen molar-refractivity contribution in [2.75, 3.05) is 0 Å². The number of aromatic nitrogens is 1. The second-order valence-electron chi connectivity index (χ2n) is 4.14. The Bertz CT molecular complexity index is 589. The monoisotopic (exact) mass is 351 g/mol. The van der Waals surface area contributed by atoms with Crippen LogP contribution in [0, 0.1) is 0 Å². The number of hydrogen-bond acceptors (Lipinski definition) is 4. The first kappa shape index (κ1) is 15.0. The summed E-state index contributed by atoms with van der Waals surface area (Å²) in [4.78, 5) is 15.5. The Morgan fingerprint density at radius 2 is 1.95 bits per heavy atom. The molecule has 1 amide bonds. The van der Waals surface area contributed by atoms with Crippen LogP contribution in [0.3, 0.4) is 0 Å². The van der Waals surface area contributed by atoms with Gasteiger partial charge < -0.3 is 0 Å². The van der Waals surface area contributed by atoms with Gasteiger partial charge in [-0.3, -0.25) is 10.2 Å². The minimum Gasteiger partial charge on any atom is -0.294 e. The van der Waals surface area contributed by atoms with E-state index >= 15 is 0 Å². The number of nitrogens with zero attached hydrogens (tertiary/aromatic N) is 1. The second-order valence-corrected chi connectivity index (χ2v) is 5.96. The molecule has 2 rings (SSSR count). The van der Waals surface area contributed by atoms with E-state index in [1.807, 2.05) is 36.4 Å². The van der Waals surface area contributed by atoms with Crippen molar-refractivity contribution in [1.82, 2.24) is 10.4 Å². The lowest BCUT2D eigenvalue weighted by atomic mass is 10.1. The highest BCUT2D eigenvalue weighted by atomic mass is 79.9. The van der Waals surface area contributed by atoms with E-state index in [0.29, 0.717) is 6.42 Å². The molecule has 0 unspecified atom stereocenters. The van der Waals surface area contributed by atoms with Gasteiger partial charge in [-0.05, 0) is 39.2 Å². The first-order chi connectivity index (χ1) is 9.69. The Morgan fingerprint density at radius 1 is 1.25 bits per heavy atom. The van der Waals surface area contributed by atoms with Crippen molar-refractivity contribution < 1.29 is 4.79 Å². The highest BCUT2D eigenvalue weighted by molar-refractivity contribution is 9.10. The molecular formula is C14H14BrN3OS. The zero-order valence-electron chi connectivity index (χ0n) is 10.7. The molecule has 0 fully saturated rings. The lowest BCUT2D eigenvalue weighted by Gasteiger charge is -2.05. The molecule has 0 radical (unpaired) electrons. The summed E-state index contributed by atoms with van der Waals surface area (Å²) >= 11 is 5.14. The summed E-state index contributed by atoms with van der Waals surface area (Å²) < 4.78 is 1.00. The third kappa shape index (κ3) is 4.33. The summed E-state index contributed by atoms with van der Waals surface area (Å²) in [5, 5.41) is 0.971. The number of halogens is 1. The van der Waals surface area contributed by atoms with E-state index in [1.165, 1.54) is 5.56 Å². The molecule has 0 aliphatic heterocycles. The van der Waals surface area contributed by atoms with Gasteiger partial charge in [0.25, 0.3) is 0 Å². The Labute approximate surface area is 130 Å². The van der Waals surface area contributed by atoms with Crippen LogP contribution in [-0.2, 0) is 17.0 Å². The number of benzene rings is 1. The van der Waals surface area contributed by atoms with E-state index in [0.717, 1.165) is 20.8 Å². The molecular weight excluding hydrogens is 338 g/mol. The average Bonchev–Trinajstić information content (AvgIpc) is 2.48. The maximum absolute atomic E-state index is 11.2. The maximum atomic E-state index is 11.2. The molecule has 0 aliphatic carbocycles. The summed E-state index contributed by atoms with van der Waals surface area (Å²) in [5.74, 6) is 5.70. The number of nitrogens with two attached hydrogens (primary N) is 1. The van der Waals surface area contributed by atoms with Crippen molar-refractivity contribution in [1.29, 1.82) is 0 Å². The molecule has 0 atom stereocenters. The number of carbonyl (C=O) groups excluding carboxylic acids is 1. The summed E-state index contributed by atoms with van der Waals surface area (Å²) in [6, 6.07) is 11.8. The van der Waals surface area contributed by atoms with Crippen LogP contribution in [0.1, 0.15) is 11.1 Å². The van der Waals surface area contributed by atoms with Crippen molar-refractivity contribution in [3.05, 3.63) is 58.2 Å². The quantitative estimate of drug-likeness (QED) is 0.376. The predicted molar refractivity (Wildman–Crippen MR) is 84.0 cm³/mol. The van der Waals surface area contributed by atoms with Gasteiger partial charge in [0, 0.05) is 16.4 Å². The Kier molecular flexibility index (Phi) is 5.58. The first-order valence-corrected chi connectivity index (χ1v) is 7.77. The standard InChI is InChI=1S/C14H14BrN3OS/c15-12-2-1-7-17-14(12)20-9-11-5-3-10(4-6-11)8-13(19)18-16/h1-7H,8-9,16H2,(H,18,19). The molecule has 0 spiro atoms. The van der Waals surface area contributed by atoms with E-state index in [4.69, 9.17) is 5.84 Å². The van der Waals surface area contributed by atoms with Gasteiger partial charge in [-0.25, -0.2) is 10.8 Å². The van der Waals surface area contributed by atoms with Crippen LogP contribution in [0.15, 0.2) is 52.1 Å². The predicted octanol–water partition coefficient (Wildman–Crippen LogP) is 2.67. The molecule has 1 heterocycles. The number of nitrogens with one attached hydrogen (secondary N) is 1. The molecule has 20 heavy (non-hydrogen) atoms. The average molecular weight is 352 g/mol. The fourth-order valence-electron chi connectivity index (χ4n) is 1.62. The van der Waals surface area contributed by atoms with Crippen molar-refractivity contribution in [2.24, 2.45) is 5.84 Å². The smallest absolute Gasteiger partial charge is 0.238 e. The zero-order chi connectivity index (χ0) is 14.4. The largest absolute Gasteiger partial charge is 0.294 e. The molecule has 6 heteroatoms. The molecule has 1 aromatic carbocycles. The minimum absolute atomic E-state index is 0.190. The van der Waals surface area contributed by atoms with Crippen molar-refractivity contribution in [2.45, 2.75) is 17.2 Å². The van der Waals surface area contributed by atoms with Crippen LogP contribution in [0.25, 0.3) is 0 Å². The molecule has 0 saturated carbocycles. The third-order valence-electron chi connectivity index (χ3n) is 2.65. The van der Waals surface area contributed by atoms with Gasteiger partial charge in [-0.1, -0.05) is 24.3 Å². The molecule has 0 saturated heterocycles. The fourth-order valence-corrected chi connectivity index (χ4v) is 3.05. The first-order valence-electron chi connectivity index (χ1n) is 5.99. The van der Waals surface area contributed by atoms with Crippen LogP contribution in [0.2, 0.25) is 0 Å². The van der Waals surface area contributed by atoms with Gasteiger partial charge in [0.1, 0.15) is 5.03 Å². The molecule has 104 valence electrons. The van der Waals surface area contributed by atoms with Crippen LogP contribution >= 0.6 is 27.7 Å². The van der Waals surface area contributed by atoms with Gasteiger partial charge in [0.2, 0.25) is 5.91 Å². The van der Waals surface area contributed by atoms with Gasteiger partial charge in [0.15, 0.2) is 0 Å². The SMILES string of the molecule is NNC(=O)Cc1ccc(CSc2ncccc2Br)cc1. The zero-order valence-corrected chi connectivity index (χ0v) is 13.1. The normalized spacial score (nSPS) is 10.3. The number of hydrogen-bond donors (Lipinski definition) is 2. The fraction of sp³-hybridized carbons (Fsp3) is 0.143. The van der Waals surface area contributed by atoms with Crippen molar-refractivity contribution in [3.63, 3.8) is 0 Å². The summed E-state index contributed by atoms with van der Waals surface area (Å²) in [5.41, 5.74) is 4.25. The maximum Gasteiger partial charge on any atom is 0.238 e. The highest BCUT2D eigenvalue weighted by Crippen LogP contribution is 2.27. The van der Waals surface area contributed by atoms with Crippen molar-refractivity contribution >= 4 is 33.6 Å². The van der Waals surface area contributed by atoms with Gasteiger partial charge >= 0.3 is 0 Å². The number of rotatable bonds is 5. The summed E-state index contributed by atoms with van der Waals surface area (Å²) in [6.07, 6.45) is 2.08. The molecule has 0 aliphatic rings. The van der Waals surface area contributed by atoms with Crippen molar-refractivity contribution in [3.8, 4) is 0 Å². The number of amides is 1. The highest BCUT2D eigenvalue weighted by Gasteiger charge is 2.04. The molecule has 3 N–H and O–H groups in total. The minimum atomic E-state index is -0.190. The van der Waals surface area contributed by atoms with Crippen LogP contribution in [-0.4, -0.2) is 10.9 Å². The van der Waals surface area contributed by atoms with Gasteiger partial charge in [0.05, 0.1) is 6.42 Å². The van der Waals surface area contributed by atoms with E-state index in [2.05, 4.69) is 26.3 Å². The summed E-state index contributed by atoms with van der Waals surface area (Å²) in [7, 11) is 0. The lowest BCUT2D eigenvalue weighted by Crippen LogP contribution is -2.31. The second kappa shape index (κ2) is 7.42. The molecule has 2 aromatic rings. The summed E-state index contributed by atoms with van der Waals surface area (Å²) in [6.45, 7) is 0. The van der Waals surface area contributed by atoms with Gasteiger partial charge in [-0.2, -0.15) is 0 Å². The van der Waals surface area contributed by atoms with E-state index in [9.17, 15) is 4.79 Å². The molecule has 0 bridgehead atoms. The van der Waals surface area contributed by atoms with E-state index < -0.39 is 0 Å². The Hall–Kier alpha value is -1.37. The van der Waals surface area contributed by atoms with Crippen LogP contribution in [0.4, 0.5) is 0 Å². The lowest BCUT2D eigenvalue weighted by molar-refractivity contribution is -0.120. The Balaban J connectivity index is 1.94. The topological polar surface area (TPSA) is 68.0 Å². The van der Waals surface area contributed by atoms with Gasteiger partial charge in [-0.15, -0.1) is 11.8 Å². The van der Waals surface area contributed by atoms with E-state index in [1.54, 1.807) is 18.0 Å². The molecule has 1 aromatic heterocycles. The third-order valence-corrected chi connectivity index (χ3v) is 4.63. The molecule has 4 nitrogen and oxygen atoms in total. The number of hydrazine groups is 1. The number of carbonyl (C=O) groups is 1.